The van der Waals surface area contributed by atoms with Gasteiger partial charge in [0, 0.05) is 6.07 Å². The topological polar surface area (TPSA) is 65.1 Å². The molecule has 0 unspecified atom stereocenters. The minimum absolute atomic E-state index is 0. The molecule has 0 fully saturated rings. The second-order valence-corrected chi connectivity index (χ2v) is 3.37. The maximum Gasteiger partial charge on any atom is 0.138 e. The first kappa shape index (κ1) is 13.3. The molecule has 0 atom stereocenters. The normalized spacial score (nSPS) is 9.53. The van der Waals surface area contributed by atoms with Crippen molar-refractivity contribution in [1.82, 2.24) is 9.78 Å². The van der Waals surface area contributed by atoms with Crippen LogP contribution < -0.4 is 16.0 Å². The van der Waals surface area contributed by atoms with Gasteiger partial charge in [-0.3, -0.25) is 0 Å². The zero-order chi connectivity index (χ0) is 11.4. The predicted molar refractivity (Wildman–Crippen MR) is 69.4 cm³/mol. The number of halogens is 1. The molecule has 3 N–H and O–H groups in total. The highest BCUT2D eigenvalue weighted by Gasteiger charge is 2.01. The number of nitrogens with one attached hydrogen (secondary N) is 1. The summed E-state index contributed by atoms with van der Waals surface area (Å²) in [6.45, 7) is 0.677. The van der Waals surface area contributed by atoms with E-state index in [4.69, 9.17) is 10.6 Å². The van der Waals surface area contributed by atoms with E-state index in [9.17, 15) is 0 Å². The molecule has 0 aliphatic rings. The van der Waals surface area contributed by atoms with Gasteiger partial charge in [0.25, 0.3) is 0 Å². The van der Waals surface area contributed by atoms with E-state index >= 15 is 0 Å². The highest BCUT2D eigenvalue weighted by molar-refractivity contribution is 5.85. The number of hydrogen-bond donors (Lipinski definition) is 2. The smallest absolute Gasteiger partial charge is 0.138 e. The Hall–Kier alpha value is -1.72. The third-order valence-corrected chi connectivity index (χ3v) is 2.36. The summed E-state index contributed by atoms with van der Waals surface area (Å²) in [6, 6.07) is 9.67. The maximum atomic E-state index is 5.36. The molecular formula is C11H15ClN4O. The van der Waals surface area contributed by atoms with Crippen LogP contribution in [-0.4, -0.2) is 16.9 Å². The monoisotopic (exact) mass is 254 g/mol. The van der Waals surface area contributed by atoms with Crippen LogP contribution in [0.3, 0.4) is 0 Å². The minimum atomic E-state index is 0. The van der Waals surface area contributed by atoms with Crippen molar-refractivity contribution in [2.75, 3.05) is 12.5 Å². The molecule has 0 amide bonds. The molecule has 5 nitrogen and oxygen atoms in total. The first-order valence-corrected chi connectivity index (χ1v) is 4.95. The second kappa shape index (κ2) is 6.12. The van der Waals surface area contributed by atoms with E-state index in [1.165, 1.54) is 0 Å². The van der Waals surface area contributed by atoms with Gasteiger partial charge in [-0.25, -0.2) is 10.5 Å². The van der Waals surface area contributed by atoms with Crippen LogP contribution in [0.2, 0.25) is 0 Å². The number of nitrogens with two attached hydrogens (primary N) is 1. The quantitative estimate of drug-likeness (QED) is 0.643. The average molecular weight is 255 g/mol. The fourth-order valence-corrected chi connectivity index (χ4v) is 1.49. The van der Waals surface area contributed by atoms with Gasteiger partial charge in [-0.1, -0.05) is 12.1 Å². The largest absolute Gasteiger partial charge is 0.497 e. The minimum Gasteiger partial charge on any atom is -0.497 e. The summed E-state index contributed by atoms with van der Waals surface area (Å²) in [5, 5.41) is 4.17. The zero-order valence-corrected chi connectivity index (χ0v) is 10.3. The van der Waals surface area contributed by atoms with Crippen molar-refractivity contribution in [3.63, 3.8) is 0 Å². The Morgan fingerprint density at radius 1 is 1.29 bits per heavy atom. The van der Waals surface area contributed by atoms with Crippen molar-refractivity contribution in [3.8, 4) is 5.75 Å². The van der Waals surface area contributed by atoms with E-state index < -0.39 is 0 Å². The van der Waals surface area contributed by atoms with Crippen molar-refractivity contribution in [2.45, 2.75) is 6.54 Å². The van der Waals surface area contributed by atoms with Gasteiger partial charge in [0.2, 0.25) is 0 Å². The third-order valence-electron chi connectivity index (χ3n) is 2.36. The first-order chi connectivity index (χ1) is 7.83. The molecule has 6 heteroatoms. The van der Waals surface area contributed by atoms with Crippen molar-refractivity contribution in [2.24, 2.45) is 5.84 Å². The van der Waals surface area contributed by atoms with Crippen molar-refractivity contribution in [3.05, 3.63) is 42.1 Å². The molecule has 0 radical (unpaired) electrons. The van der Waals surface area contributed by atoms with Gasteiger partial charge in [0.1, 0.15) is 11.6 Å². The molecule has 0 saturated carbocycles. The van der Waals surface area contributed by atoms with Gasteiger partial charge in [-0.05, 0) is 17.7 Å². The summed E-state index contributed by atoms with van der Waals surface area (Å²) in [5.74, 6) is 7.00. The van der Waals surface area contributed by atoms with Gasteiger partial charge in [0.05, 0.1) is 19.9 Å². The molecule has 17 heavy (non-hydrogen) atoms. The Morgan fingerprint density at radius 2 is 2.00 bits per heavy atom. The Morgan fingerprint density at radius 3 is 2.59 bits per heavy atom. The number of nitrogen functional groups attached to an aromatic ring is 1. The maximum absolute atomic E-state index is 5.36. The molecule has 2 rings (SSSR count). The van der Waals surface area contributed by atoms with Crippen LogP contribution in [0.1, 0.15) is 5.56 Å². The van der Waals surface area contributed by atoms with Crippen LogP contribution in [0.5, 0.6) is 5.75 Å². The number of benzene rings is 1. The highest BCUT2D eigenvalue weighted by atomic mass is 35.5. The summed E-state index contributed by atoms with van der Waals surface area (Å²) in [5.41, 5.74) is 3.73. The van der Waals surface area contributed by atoms with Crippen molar-refractivity contribution < 1.29 is 4.74 Å². The summed E-state index contributed by atoms with van der Waals surface area (Å²) >= 11 is 0. The van der Waals surface area contributed by atoms with Crippen LogP contribution in [0.25, 0.3) is 0 Å². The number of hydrazine groups is 1. The fourth-order valence-electron chi connectivity index (χ4n) is 1.49. The Balaban J connectivity index is 0.00000144. The Bertz CT molecular complexity index is 455. The number of hydrogen-bond acceptors (Lipinski definition) is 4. The predicted octanol–water partition coefficient (Wildman–Crippen LogP) is 1.65. The van der Waals surface area contributed by atoms with E-state index in [-0.39, 0.29) is 12.4 Å². The zero-order valence-electron chi connectivity index (χ0n) is 9.46. The summed E-state index contributed by atoms with van der Waals surface area (Å²) in [6.07, 6.45) is 1.71. The SMILES string of the molecule is COc1ccc(Cn2nccc2NN)cc1.Cl. The van der Waals surface area contributed by atoms with Crippen LogP contribution >= 0.6 is 12.4 Å². The van der Waals surface area contributed by atoms with Gasteiger partial charge in [-0.2, -0.15) is 5.10 Å². The molecule has 1 aromatic carbocycles. The van der Waals surface area contributed by atoms with Crippen LogP contribution in [0, 0.1) is 0 Å². The molecule has 0 bridgehead atoms. The molecule has 0 aliphatic carbocycles. The lowest BCUT2D eigenvalue weighted by Crippen LogP contribution is -2.13. The van der Waals surface area contributed by atoms with Crippen LogP contribution in [0.15, 0.2) is 36.5 Å². The van der Waals surface area contributed by atoms with E-state index in [1.54, 1.807) is 18.0 Å². The summed E-state index contributed by atoms with van der Waals surface area (Å²) in [7, 11) is 1.65. The molecule has 1 aromatic heterocycles. The molecule has 2 aromatic rings. The Kier molecular flexibility index (Phi) is 4.81. The van der Waals surface area contributed by atoms with Gasteiger partial charge < -0.3 is 10.2 Å². The van der Waals surface area contributed by atoms with Gasteiger partial charge >= 0.3 is 0 Å². The van der Waals surface area contributed by atoms with Gasteiger partial charge in [0.15, 0.2) is 0 Å². The van der Waals surface area contributed by atoms with Crippen LogP contribution in [-0.2, 0) is 6.54 Å². The van der Waals surface area contributed by atoms with E-state index in [1.807, 2.05) is 30.3 Å². The first-order valence-electron chi connectivity index (χ1n) is 4.95. The lowest BCUT2D eigenvalue weighted by Gasteiger charge is -2.07. The number of aromatic nitrogens is 2. The van der Waals surface area contributed by atoms with E-state index in [2.05, 4.69) is 10.5 Å². The number of nitrogens with zero attached hydrogens (tertiary/aromatic N) is 2. The van der Waals surface area contributed by atoms with Crippen LogP contribution in [0.4, 0.5) is 5.82 Å². The second-order valence-electron chi connectivity index (χ2n) is 3.37. The number of ether oxygens (including phenoxy) is 1. The Labute approximate surface area is 106 Å². The third kappa shape index (κ3) is 3.12. The number of rotatable bonds is 4. The molecule has 1 heterocycles. The fraction of sp³-hybridized carbons (Fsp3) is 0.182. The molecule has 0 saturated heterocycles. The number of anilines is 1. The summed E-state index contributed by atoms with van der Waals surface area (Å²) < 4.78 is 6.89. The standard InChI is InChI=1S/C11H14N4O.ClH/c1-16-10-4-2-9(3-5-10)8-15-11(14-12)6-7-13-15;/h2-7,14H,8,12H2,1H3;1H. The van der Waals surface area contributed by atoms with E-state index in [0.717, 1.165) is 17.1 Å². The average Bonchev–Trinajstić information content (AvgIpc) is 2.77. The molecule has 0 spiro atoms. The lowest BCUT2D eigenvalue weighted by atomic mass is 10.2. The molecule has 0 aliphatic heterocycles. The van der Waals surface area contributed by atoms with Crippen molar-refractivity contribution >= 4 is 18.2 Å². The summed E-state index contributed by atoms with van der Waals surface area (Å²) in [4.78, 5) is 0. The highest BCUT2D eigenvalue weighted by Crippen LogP contribution is 2.13. The molecular weight excluding hydrogens is 240 g/mol. The van der Waals surface area contributed by atoms with E-state index in [0.29, 0.717) is 6.54 Å². The van der Waals surface area contributed by atoms with Gasteiger partial charge in [-0.15, -0.1) is 12.4 Å². The number of methoxy groups -OCH3 is 1. The molecule has 92 valence electrons. The lowest BCUT2D eigenvalue weighted by molar-refractivity contribution is 0.414. The van der Waals surface area contributed by atoms with Crippen molar-refractivity contribution in [1.29, 1.82) is 0 Å².